The summed E-state index contributed by atoms with van der Waals surface area (Å²) in [5.74, 6) is 0.0534. The second-order valence-corrected chi connectivity index (χ2v) is 9.42. The van der Waals surface area contributed by atoms with E-state index in [2.05, 4.69) is 0 Å². The Morgan fingerprint density at radius 2 is 1.88 bits per heavy atom. The molecule has 0 fully saturated rings. The van der Waals surface area contributed by atoms with E-state index in [-0.39, 0.29) is 5.91 Å². The fraction of sp³-hybridized carbons (Fsp3) is 0.421. The van der Waals surface area contributed by atoms with Crippen LogP contribution in [0.5, 0.6) is 0 Å². The predicted octanol–water partition coefficient (Wildman–Crippen LogP) is 3.51. The number of sulfonamides is 1. The van der Waals surface area contributed by atoms with Crippen LogP contribution in [0.15, 0.2) is 46.0 Å². The van der Waals surface area contributed by atoms with E-state index in [1.807, 2.05) is 43.0 Å². The summed E-state index contributed by atoms with van der Waals surface area (Å²) in [6, 6.07) is 11.4. The van der Waals surface area contributed by atoms with Crippen molar-refractivity contribution >= 4 is 27.3 Å². The molecule has 1 aromatic carbocycles. The summed E-state index contributed by atoms with van der Waals surface area (Å²) in [6.45, 7) is 5.55. The summed E-state index contributed by atoms with van der Waals surface area (Å²) in [4.78, 5) is 14.3. The number of aryl methyl sites for hydroxylation is 1. The zero-order valence-corrected chi connectivity index (χ0v) is 17.1. The van der Waals surface area contributed by atoms with E-state index in [9.17, 15) is 13.2 Å². The molecular formula is C19H26N2O3S2. The van der Waals surface area contributed by atoms with E-state index in [4.69, 9.17) is 0 Å². The van der Waals surface area contributed by atoms with Gasteiger partial charge in [-0.05, 0) is 42.8 Å². The fourth-order valence-electron chi connectivity index (χ4n) is 2.66. The molecule has 0 bridgehead atoms. The van der Waals surface area contributed by atoms with Crippen molar-refractivity contribution < 1.29 is 13.2 Å². The molecule has 0 spiro atoms. The molecule has 2 rings (SSSR count). The molecule has 0 radical (unpaired) electrons. The van der Waals surface area contributed by atoms with Crippen LogP contribution in [0, 0.1) is 6.92 Å². The maximum Gasteiger partial charge on any atom is 0.252 e. The molecule has 0 aliphatic rings. The zero-order valence-electron chi connectivity index (χ0n) is 15.5. The average molecular weight is 395 g/mol. The Labute approximate surface area is 160 Å². The van der Waals surface area contributed by atoms with Crippen molar-refractivity contribution in [1.29, 1.82) is 0 Å². The van der Waals surface area contributed by atoms with Crippen molar-refractivity contribution in [3.8, 4) is 0 Å². The van der Waals surface area contributed by atoms with Gasteiger partial charge in [0, 0.05) is 33.1 Å². The molecule has 7 heteroatoms. The van der Waals surface area contributed by atoms with Gasteiger partial charge < -0.3 is 4.90 Å². The summed E-state index contributed by atoms with van der Waals surface area (Å²) >= 11 is 1.20. The molecule has 2 aromatic rings. The summed E-state index contributed by atoms with van der Waals surface area (Å²) in [5, 5.41) is 1.74. The molecule has 0 aliphatic heterocycles. The van der Waals surface area contributed by atoms with Gasteiger partial charge >= 0.3 is 0 Å². The molecule has 0 saturated carbocycles. The molecule has 1 heterocycles. The monoisotopic (exact) mass is 394 g/mol. The van der Waals surface area contributed by atoms with Gasteiger partial charge in [-0.1, -0.05) is 30.3 Å². The van der Waals surface area contributed by atoms with E-state index in [0.29, 0.717) is 36.7 Å². The third-order valence-electron chi connectivity index (χ3n) is 4.38. The minimum Gasteiger partial charge on any atom is -0.339 e. The van der Waals surface area contributed by atoms with Gasteiger partial charge in [-0.3, -0.25) is 4.79 Å². The third-order valence-corrected chi connectivity index (χ3v) is 7.61. The van der Waals surface area contributed by atoms with Crippen molar-refractivity contribution in [2.75, 3.05) is 20.1 Å². The normalized spacial score (nSPS) is 11.7. The van der Waals surface area contributed by atoms with Gasteiger partial charge in [0.25, 0.3) is 10.0 Å². The minimum absolute atomic E-state index is 0.0534. The second kappa shape index (κ2) is 9.30. The van der Waals surface area contributed by atoms with E-state index < -0.39 is 10.0 Å². The van der Waals surface area contributed by atoms with Crippen LogP contribution in [-0.4, -0.2) is 43.7 Å². The van der Waals surface area contributed by atoms with Crippen molar-refractivity contribution in [3.63, 3.8) is 0 Å². The maximum absolute atomic E-state index is 12.5. The van der Waals surface area contributed by atoms with Crippen LogP contribution in [0.1, 0.15) is 30.9 Å². The summed E-state index contributed by atoms with van der Waals surface area (Å²) < 4.78 is 26.4. The Morgan fingerprint density at radius 1 is 1.15 bits per heavy atom. The van der Waals surface area contributed by atoms with Gasteiger partial charge in [0.15, 0.2) is 0 Å². The van der Waals surface area contributed by atoms with Crippen molar-refractivity contribution in [1.82, 2.24) is 9.21 Å². The first kappa shape index (κ1) is 20.6. The van der Waals surface area contributed by atoms with Gasteiger partial charge in [0.1, 0.15) is 4.21 Å². The number of benzene rings is 1. The summed E-state index contributed by atoms with van der Waals surface area (Å²) in [7, 11) is -1.89. The van der Waals surface area contributed by atoms with Crippen LogP contribution in [-0.2, 0) is 21.4 Å². The summed E-state index contributed by atoms with van der Waals surface area (Å²) in [5.41, 5.74) is 2.31. The van der Waals surface area contributed by atoms with Gasteiger partial charge in [-0.2, -0.15) is 0 Å². The Morgan fingerprint density at radius 3 is 2.50 bits per heavy atom. The van der Waals surface area contributed by atoms with Crippen LogP contribution in [0.4, 0.5) is 0 Å². The Bertz CT molecular complexity index is 817. The van der Waals surface area contributed by atoms with Gasteiger partial charge in [-0.15, -0.1) is 11.3 Å². The predicted molar refractivity (Wildman–Crippen MR) is 106 cm³/mol. The number of thiophene rings is 1. The van der Waals surface area contributed by atoms with Crippen molar-refractivity contribution in [2.24, 2.45) is 0 Å². The Balaban J connectivity index is 1.88. The zero-order chi connectivity index (χ0) is 19.2. The smallest absolute Gasteiger partial charge is 0.252 e. The van der Waals surface area contributed by atoms with Crippen LogP contribution >= 0.6 is 11.3 Å². The van der Waals surface area contributed by atoms with Crippen molar-refractivity contribution in [3.05, 3.63) is 52.9 Å². The highest BCUT2D eigenvalue weighted by Gasteiger charge is 2.22. The number of carbonyl (C=O) groups is 1. The van der Waals surface area contributed by atoms with Gasteiger partial charge in [-0.25, -0.2) is 12.7 Å². The number of amides is 1. The topological polar surface area (TPSA) is 57.7 Å². The Kier molecular flexibility index (Phi) is 7.37. The van der Waals surface area contributed by atoms with Crippen LogP contribution < -0.4 is 0 Å². The highest BCUT2D eigenvalue weighted by molar-refractivity contribution is 7.91. The first-order chi connectivity index (χ1) is 12.4. The lowest BCUT2D eigenvalue weighted by molar-refractivity contribution is -0.131. The molecule has 0 saturated heterocycles. The molecule has 1 amide bonds. The Hall–Kier alpha value is -1.70. The lowest BCUT2D eigenvalue weighted by Gasteiger charge is -2.23. The number of carbonyl (C=O) groups excluding carboxylic acids is 1. The molecule has 0 N–H and O–H groups in total. The quantitative estimate of drug-likeness (QED) is 0.654. The van der Waals surface area contributed by atoms with E-state index in [1.165, 1.54) is 21.2 Å². The van der Waals surface area contributed by atoms with Gasteiger partial charge in [0.05, 0.1) is 0 Å². The largest absolute Gasteiger partial charge is 0.339 e. The van der Waals surface area contributed by atoms with Crippen LogP contribution in [0.25, 0.3) is 0 Å². The highest BCUT2D eigenvalue weighted by atomic mass is 32.2. The van der Waals surface area contributed by atoms with E-state index >= 15 is 0 Å². The molecule has 26 heavy (non-hydrogen) atoms. The molecule has 142 valence electrons. The molecule has 0 unspecified atom stereocenters. The molecular weight excluding hydrogens is 368 g/mol. The SMILES string of the molecule is CCN(Cc1ccccc1C)C(=O)CCCN(C)S(=O)(=O)c1cccs1. The fourth-order valence-corrected chi connectivity index (χ4v) is 5.07. The first-order valence-corrected chi connectivity index (χ1v) is 11.0. The molecule has 1 aromatic heterocycles. The van der Waals surface area contributed by atoms with Crippen LogP contribution in [0.2, 0.25) is 0 Å². The maximum atomic E-state index is 12.5. The first-order valence-electron chi connectivity index (χ1n) is 8.68. The molecule has 5 nitrogen and oxygen atoms in total. The van der Waals surface area contributed by atoms with E-state index in [1.54, 1.807) is 24.6 Å². The van der Waals surface area contributed by atoms with Gasteiger partial charge in [0.2, 0.25) is 5.91 Å². The minimum atomic E-state index is -3.45. The average Bonchev–Trinajstić information content (AvgIpc) is 3.16. The highest BCUT2D eigenvalue weighted by Crippen LogP contribution is 2.20. The standard InChI is InChI=1S/C19H26N2O3S2/c1-4-21(15-17-10-6-5-9-16(17)2)18(22)11-7-13-20(3)26(23,24)19-12-8-14-25-19/h5-6,8-10,12,14H,4,7,11,13,15H2,1-3H3. The summed E-state index contributed by atoms with van der Waals surface area (Å²) in [6.07, 6.45) is 0.842. The number of hydrogen-bond acceptors (Lipinski definition) is 4. The molecule has 0 atom stereocenters. The lowest BCUT2D eigenvalue weighted by atomic mass is 10.1. The van der Waals surface area contributed by atoms with Crippen molar-refractivity contribution in [2.45, 2.75) is 37.4 Å². The van der Waals surface area contributed by atoms with E-state index in [0.717, 1.165) is 5.56 Å². The molecule has 0 aliphatic carbocycles. The number of rotatable bonds is 9. The second-order valence-electron chi connectivity index (χ2n) is 6.20. The van der Waals surface area contributed by atoms with Crippen LogP contribution in [0.3, 0.4) is 0 Å². The lowest BCUT2D eigenvalue weighted by Crippen LogP contribution is -2.32. The number of nitrogens with zero attached hydrogens (tertiary/aromatic N) is 2. The number of hydrogen-bond donors (Lipinski definition) is 0. The third kappa shape index (κ3) is 5.16.